The lowest BCUT2D eigenvalue weighted by molar-refractivity contribution is -0.145. The Labute approximate surface area is 108 Å². The molecule has 0 bridgehead atoms. The van der Waals surface area contributed by atoms with E-state index in [9.17, 15) is 14.7 Å². The van der Waals surface area contributed by atoms with Crippen molar-refractivity contribution in [3.8, 4) is 0 Å². The van der Waals surface area contributed by atoms with Crippen LogP contribution in [-0.2, 0) is 14.3 Å². The first-order valence-electron chi connectivity index (χ1n) is 6.55. The van der Waals surface area contributed by atoms with Crippen LogP contribution in [0.1, 0.15) is 39.5 Å². The van der Waals surface area contributed by atoms with Crippen molar-refractivity contribution in [2.45, 2.75) is 45.1 Å². The van der Waals surface area contributed by atoms with Gasteiger partial charge in [-0.05, 0) is 39.7 Å². The summed E-state index contributed by atoms with van der Waals surface area (Å²) in [6.45, 7) is 5.62. The van der Waals surface area contributed by atoms with Crippen molar-refractivity contribution in [2.24, 2.45) is 0 Å². The zero-order chi connectivity index (χ0) is 13.6. The third kappa shape index (κ3) is 5.60. The number of likely N-dealkylation sites (tertiary alicyclic amines) is 1. The van der Waals surface area contributed by atoms with E-state index in [2.05, 4.69) is 0 Å². The van der Waals surface area contributed by atoms with Crippen LogP contribution in [0.3, 0.4) is 0 Å². The molecule has 1 aliphatic rings. The van der Waals surface area contributed by atoms with Crippen molar-refractivity contribution in [3.63, 3.8) is 0 Å². The summed E-state index contributed by atoms with van der Waals surface area (Å²) >= 11 is 0. The average Bonchev–Trinajstić information content (AvgIpc) is 2.40. The highest BCUT2D eigenvalue weighted by Crippen LogP contribution is 2.21. The van der Waals surface area contributed by atoms with Crippen molar-refractivity contribution in [1.29, 1.82) is 0 Å². The molecule has 1 saturated heterocycles. The van der Waals surface area contributed by atoms with E-state index in [4.69, 9.17) is 4.74 Å². The summed E-state index contributed by atoms with van der Waals surface area (Å²) in [6, 6.07) is 0. The van der Waals surface area contributed by atoms with Crippen molar-refractivity contribution < 1.29 is 19.4 Å². The summed E-state index contributed by atoms with van der Waals surface area (Å²) in [5.41, 5.74) is -0.626. The van der Waals surface area contributed by atoms with Crippen LogP contribution in [0.15, 0.2) is 0 Å². The first-order valence-corrected chi connectivity index (χ1v) is 6.55. The van der Waals surface area contributed by atoms with Gasteiger partial charge < -0.3 is 9.84 Å². The number of aliphatic hydroxyl groups is 1. The third-order valence-corrected chi connectivity index (χ3v) is 3.20. The van der Waals surface area contributed by atoms with Crippen LogP contribution in [0.5, 0.6) is 0 Å². The minimum atomic E-state index is -0.626. The van der Waals surface area contributed by atoms with E-state index in [0.717, 1.165) is 19.4 Å². The van der Waals surface area contributed by atoms with Crippen LogP contribution in [0.2, 0.25) is 0 Å². The number of Topliss-reactive ketones (excluding diaryl/α,β-unsaturated/α-hetero) is 1. The van der Waals surface area contributed by atoms with Gasteiger partial charge in [0.05, 0.1) is 18.8 Å². The maximum absolute atomic E-state index is 11.7. The number of nitrogens with zero attached hydrogens (tertiary/aromatic N) is 1. The molecule has 104 valence electrons. The van der Waals surface area contributed by atoms with Crippen molar-refractivity contribution in [3.05, 3.63) is 0 Å². The lowest BCUT2D eigenvalue weighted by Crippen LogP contribution is -2.33. The summed E-state index contributed by atoms with van der Waals surface area (Å²) < 4.78 is 4.74. The number of rotatable bonds is 5. The number of esters is 1. The molecule has 0 aromatic rings. The Kier molecular flexibility index (Phi) is 5.75. The second-order valence-corrected chi connectivity index (χ2v) is 5.15. The quantitative estimate of drug-likeness (QED) is 0.581. The molecule has 0 aliphatic carbocycles. The molecule has 1 fully saturated rings. The van der Waals surface area contributed by atoms with Gasteiger partial charge >= 0.3 is 5.97 Å². The standard InChI is InChI=1S/C13H23NO4/c1-3-18-12(16)9-11(15)10-14-7-4-5-13(2,17)6-8-14/h17H,3-10H2,1-2H3. The van der Waals surface area contributed by atoms with E-state index in [1.54, 1.807) is 6.92 Å². The largest absolute Gasteiger partial charge is 0.466 e. The topological polar surface area (TPSA) is 66.8 Å². The minimum absolute atomic E-state index is 0.116. The van der Waals surface area contributed by atoms with Crippen LogP contribution >= 0.6 is 0 Å². The van der Waals surface area contributed by atoms with Gasteiger partial charge in [0.25, 0.3) is 0 Å². The van der Waals surface area contributed by atoms with E-state index in [0.29, 0.717) is 19.6 Å². The Hall–Kier alpha value is -0.940. The predicted octanol–water partition coefficient (Wildman–Crippen LogP) is 0.746. The summed E-state index contributed by atoms with van der Waals surface area (Å²) in [7, 11) is 0. The Balaban J connectivity index is 2.33. The number of hydrogen-bond acceptors (Lipinski definition) is 5. The molecule has 18 heavy (non-hydrogen) atoms. The molecule has 5 nitrogen and oxygen atoms in total. The van der Waals surface area contributed by atoms with Crippen LogP contribution in [0.25, 0.3) is 0 Å². The van der Waals surface area contributed by atoms with Gasteiger partial charge in [0, 0.05) is 6.54 Å². The fourth-order valence-corrected chi connectivity index (χ4v) is 2.16. The normalized spacial score (nSPS) is 25.5. The summed E-state index contributed by atoms with van der Waals surface area (Å²) in [5.74, 6) is -0.570. The Bertz CT molecular complexity index is 301. The van der Waals surface area contributed by atoms with Crippen molar-refractivity contribution in [2.75, 3.05) is 26.2 Å². The molecule has 0 radical (unpaired) electrons. The monoisotopic (exact) mass is 257 g/mol. The molecule has 5 heteroatoms. The zero-order valence-corrected chi connectivity index (χ0v) is 11.3. The van der Waals surface area contributed by atoms with Gasteiger partial charge in [-0.2, -0.15) is 0 Å². The lowest BCUT2D eigenvalue weighted by Gasteiger charge is -2.21. The van der Waals surface area contributed by atoms with E-state index in [-0.39, 0.29) is 18.7 Å². The first-order chi connectivity index (χ1) is 8.43. The highest BCUT2D eigenvalue weighted by atomic mass is 16.5. The molecule has 1 atom stereocenters. The molecule has 0 saturated carbocycles. The second kappa shape index (κ2) is 6.85. The highest BCUT2D eigenvalue weighted by molar-refractivity contribution is 5.96. The Morgan fingerprint density at radius 2 is 2.06 bits per heavy atom. The van der Waals surface area contributed by atoms with E-state index in [1.165, 1.54) is 0 Å². The third-order valence-electron chi connectivity index (χ3n) is 3.20. The van der Waals surface area contributed by atoms with E-state index >= 15 is 0 Å². The van der Waals surface area contributed by atoms with Gasteiger partial charge in [0.1, 0.15) is 6.42 Å². The van der Waals surface area contributed by atoms with Gasteiger partial charge in [0.2, 0.25) is 0 Å². The zero-order valence-electron chi connectivity index (χ0n) is 11.3. The summed E-state index contributed by atoms with van der Waals surface area (Å²) in [4.78, 5) is 24.8. The second-order valence-electron chi connectivity index (χ2n) is 5.15. The molecule has 1 rings (SSSR count). The first kappa shape index (κ1) is 15.1. The molecule has 1 aliphatic heterocycles. The van der Waals surface area contributed by atoms with Gasteiger partial charge in [0.15, 0.2) is 5.78 Å². The summed E-state index contributed by atoms with van der Waals surface area (Å²) in [5, 5.41) is 9.94. The average molecular weight is 257 g/mol. The van der Waals surface area contributed by atoms with Gasteiger partial charge in [-0.25, -0.2) is 0 Å². The number of ketones is 1. The molecular weight excluding hydrogens is 234 g/mol. The molecular formula is C13H23NO4. The van der Waals surface area contributed by atoms with Crippen LogP contribution < -0.4 is 0 Å². The van der Waals surface area contributed by atoms with Gasteiger partial charge in [-0.3, -0.25) is 14.5 Å². The van der Waals surface area contributed by atoms with Crippen LogP contribution in [0, 0.1) is 0 Å². The molecule has 1 heterocycles. The molecule has 0 aromatic carbocycles. The lowest BCUT2D eigenvalue weighted by atomic mass is 9.98. The number of carbonyl (C=O) groups excluding carboxylic acids is 2. The highest BCUT2D eigenvalue weighted by Gasteiger charge is 2.26. The van der Waals surface area contributed by atoms with Gasteiger partial charge in [-0.1, -0.05) is 0 Å². The number of carbonyl (C=O) groups is 2. The molecule has 0 amide bonds. The van der Waals surface area contributed by atoms with Crippen LogP contribution in [0.4, 0.5) is 0 Å². The SMILES string of the molecule is CCOC(=O)CC(=O)CN1CCCC(C)(O)CC1. The molecule has 0 aromatic heterocycles. The molecule has 1 N–H and O–H groups in total. The van der Waals surface area contributed by atoms with Crippen molar-refractivity contribution in [1.82, 2.24) is 4.90 Å². The fourth-order valence-electron chi connectivity index (χ4n) is 2.16. The van der Waals surface area contributed by atoms with Crippen molar-refractivity contribution >= 4 is 11.8 Å². The predicted molar refractivity (Wildman–Crippen MR) is 67.2 cm³/mol. The minimum Gasteiger partial charge on any atom is -0.466 e. The van der Waals surface area contributed by atoms with Gasteiger partial charge in [-0.15, -0.1) is 0 Å². The maximum atomic E-state index is 11.7. The number of ether oxygens (including phenoxy) is 1. The fraction of sp³-hybridized carbons (Fsp3) is 0.846. The molecule has 1 unspecified atom stereocenters. The molecule has 0 spiro atoms. The smallest absolute Gasteiger partial charge is 0.313 e. The van der Waals surface area contributed by atoms with E-state index in [1.807, 2.05) is 11.8 Å². The van der Waals surface area contributed by atoms with Crippen LogP contribution in [-0.4, -0.2) is 53.6 Å². The van der Waals surface area contributed by atoms with E-state index < -0.39 is 11.6 Å². The number of hydrogen-bond donors (Lipinski definition) is 1. The Morgan fingerprint density at radius 3 is 2.72 bits per heavy atom. The summed E-state index contributed by atoms with van der Waals surface area (Å²) in [6.07, 6.45) is 2.15. The Morgan fingerprint density at radius 1 is 1.33 bits per heavy atom. The maximum Gasteiger partial charge on any atom is 0.313 e.